The molecule has 0 aliphatic carbocycles. The highest BCUT2D eigenvalue weighted by Gasteiger charge is 2.14. The first-order chi connectivity index (χ1) is 15.5. The van der Waals surface area contributed by atoms with Gasteiger partial charge in [0.2, 0.25) is 5.95 Å². The van der Waals surface area contributed by atoms with E-state index in [1.54, 1.807) is 32.1 Å². The van der Waals surface area contributed by atoms with Crippen LogP contribution in [0.3, 0.4) is 0 Å². The summed E-state index contributed by atoms with van der Waals surface area (Å²) in [6.45, 7) is 9.67. The molecule has 33 heavy (non-hydrogen) atoms. The second-order valence-electron chi connectivity index (χ2n) is 7.24. The molecule has 2 N–H and O–H groups in total. The van der Waals surface area contributed by atoms with Crippen LogP contribution in [0.25, 0.3) is 0 Å². The number of aromatic nitrogens is 3. The Bertz CT molecular complexity index is 1050. The Labute approximate surface area is 199 Å². The fraction of sp³-hybridized carbons (Fsp3) is 0.348. The number of hydrogen-bond donors (Lipinski definition) is 2. The molecule has 0 atom stereocenters. The third-order valence-corrected chi connectivity index (χ3v) is 3.80. The molecule has 0 fully saturated rings. The highest BCUT2D eigenvalue weighted by atomic mass is 35.5. The maximum Gasteiger partial charge on any atom is 0.355 e. The number of aliphatic hydroxyl groups is 1. The molecule has 10 heteroatoms. The molecule has 0 bridgehead atoms. The van der Waals surface area contributed by atoms with Gasteiger partial charge in [-0.25, -0.2) is 18.5 Å². The van der Waals surface area contributed by atoms with Gasteiger partial charge in [-0.2, -0.15) is 4.98 Å². The van der Waals surface area contributed by atoms with Gasteiger partial charge in [-0.3, -0.25) is 4.57 Å². The van der Waals surface area contributed by atoms with Crippen molar-refractivity contribution < 1.29 is 9.50 Å². The fourth-order valence-electron chi connectivity index (χ4n) is 2.25. The van der Waals surface area contributed by atoms with Crippen LogP contribution in [0.15, 0.2) is 81.3 Å². The maximum atomic E-state index is 13.3. The van der Waals surface area contributed by atoms with Gasteiger partial charge >= 0.3 is 11.4 Å². The minimum absolute atomic E-state index is 0.0668. The number of nitrogens with one attached hydrogen (secondary N) is 1. The molecule has 0 saturated carbocycles. The molecule has 1 heterocycles. The summed E-state index contributed by atoms with van der Waals surface area (Å²) in [7, 11) is 6.00. The molecule has 8 nitrogen and oxygen atoms in total. The number of rotatable bonds is 10. The lowest BCUT2D eigenvalue weighted by Crippen LogP contribution is -2.43. The Morgan fingerprint density at radius 2 is 1.88 bits per heavy atom. The summed E-state index contributed by atoms with van der Waals surface area (Å²) in [6, 6.07) is 0. The van der Waals surface area contributed by atoms with E-state index in [1.807, 2.05) is 26.0 Å². The van der Waals surface area contributed by atoms with Crippen LogP contribution in [0.4, 0.5) is 10.3 Å². The standard InChI is InChI=1S/C20H24ClFN4O3.C3H9N/c1-5-7-17(12-15(4)22)23-18-24-19(28)25(10-11-27)20(29)26(18)13-14(3)8-9-16(21)6-2;1-4(2)3/h5-9,12,27H,2,4,10-11,13H2,1,3H3,(H,23,24,28);1-3H3/b7-5-,14-8+,16-9+,17-12+;. The summed E-state index contributed by atoms with van der Waals surface area (Å²) in [5.74, 6) is -0.792. The van der Waals surface area contributed by atoms with Crippen LogP contribution in [0.1, 0.15) is 13.8 Å². The van der Waals surface area contributed by atoms with E-state index in [1.165, 1.54) is 16.7 Å². The van der Waals surface area contributed by atoms with Gasteiger partial charge < -0.3 is 15.3 Å². The lowest BCUT2D eigenvalue weighted by molar-refractivity contribution is 0.268. The normalized spacial score (nSPS) is 12.6. The van der Waals surface area contributed by atoms with Gasteiger partial charge in [0, 0.05) is 10.7 Å². The van der Waals surface area contributed by atoms with Gasteiger partial charge in [0.25, 0.3) is 0 Å². The summed E-state index contributed by atoms with van der Waals surface area (Å²) >= 11 is 5.89. The van der Waals surface area contributed by atoms with Gasteiger partial charge in [0.05, 0.1) is 19.7 Å². The van der Waals surface area contributed by atoms with E-state index in [4.69, 9.17) is 16.7 Å². The number of anilines is 1. The zero-order chi connectivity index (χ0) is 25.6. The minimum Gasteiger partial charge on any atom is -0.395 e. The van der Waals surface area contributed by atoms with Crippen molar-refractivity contribution in [1.29, 1.82) is 0 Å². The van der Waals surface area contributed by atoms with E-state index in [2.05, 4.69) is 23.5 Å². The molecule has 0 aliphatic rings. The lowest BCUT2D eigenvalue weighted by Gasteiger charge is -2.16. The predicted octanol–water partition coefficient (Wildman–Crippen LogP) is 3.19. The van der Waals surface area contributed by atoms with Crippen LogP contribution in [-0.4, -0.2) is 51.9 Å². The van der Waals surface area contributed by atoms with Gasteiger partial charge in [0.1, 0.15) is 5.83 Å². The largest absolute Gasteiger partial charge is 0.395 e. The van der Waals surface area contributed by atoms with Crippen LogP contribution >= 0.6 is 11.6 Å². The molecule has 0 spiro atoms. The van der Waals surface area contributed by atoms with Crippen molar-refractivity contribution in [3.63, 3.8) is 0 Å². The van der Waals surface area contributed by atoms with E-state index in [9.17, 15) is 14.0 Å². The Morgan fingerprint density at radius 3 is 2.36 bits per heavy atom. The number of aliphatic hydroxyl groups excluding tert-OH is 1. The molecule has 0 amide bonds. The third-order valence-electron chi connectivity index (χ3n) is 3.52. The molecule has 0 saturated heterocycles. The predicted molar refractivity (Wildman–Crippen MR) is 134 cm³/mol. The van der Waals surface area contributed by atoms with Crippen LogP contribution in [0, 0.1) is 0 Å². The zero-order valence-electron chi connectivity index (χ0n) is 19.8. The highest BCUT2D eigenvalue weighted by molar-refractivity contribution is 6.31. The molecule has 0 aliphatic heterocycles. The number of hydrogen-bond acceptors (Lipinski definition) is 6. The SMILES string of the molecule is C=C/C(Cl)=C\C=C(/C)Cn1c(NC(/C=C\C)=C/C(=C)F)nc(=O)n(CCO)c1=O.CN(C)C. The Kier molecular flexibility index (Phi) is 14.3. The average molecular weight is 482 g/mol. The van der Waals surface area contributed by atoms with Crippen molar-refractivity contribution in [3.8, 4) is 0 Å². The third kappa shape index (κ3) is 12.0. The first kappa shape index (κ1) is 30.0. The number of allylic oxidation sites excluding steroid dienone is 9. The first-order valence-electron chi connectivity index (χ1n) is 10.0. The molecule has 0 aromatic carbocycles. The first-order valence-corrected chi connectivity index (χ1v) is 10.4. The summed E-state index contributed by atoms with van der Waals surface area (Å²) in [5.41, 5.74) is -0.543. The van der Waals surface area contributed by atoms with E-state index >= 15 is 0 Å². The summed E-state index contributed by atoms with van der Waals surface area (Å²) < 4.78 is 15.3. The van der Waals surface area contributed by atoms with Crippen molar-refractivity contribution in [3.05, 3.63) is 92.7 Å². The molecule has 1 aromatic heterocycles. The second-order valence-corrected chi connectivity index (χ2v) is 7.68. The van der Waals surface area contributed by atoms with Crippen molar-refractivity contribution >= 4 is 17.5 Å². The monoisotopic (exact) mass is 481 g/mol. The molecular weight excluding hydrogens is 449 g/mol. The highest BCUT2D eigenvalue weighted by Crippen LogP contribution is 2.11. The summed E-state index contributed by atoms with van der Waals surface area (Å²) in [4.78, 5) is 30.9. The summed E-state index contributed by atoms with van der Waals surface area (Å²) in [6.07, 6.45) is 9.04. The summed E-state index contributed by atoms with van der Waals surface area (Å²) in [5, 5.41) is 12.3. The number of halogens is 2. The molecule has 0 radical (unpaired) electrons. The Balaban J connectivity index is 0.00000235. The zero-order valence-corrected chi connectivity index (χ0v) is 20.6. The smallest absolute Gasteiger partial charge is 0.355 e. The molecular formula is C23H33ClFN5O3. The van der Waals surface area contributed by atoms with Crippen LogP contribution in [0.2, 0.25) is 0 Å². The van der Waals surface area contributed by atoms with E-state index in [0.717, 1.165) is 16.2 Å². The molecule has 1 rings (SSSR count). The lowest BCUT2D eigenvalue weighted by atomic mass is 10.2. The molecule has 182 valence electrons. The second kappa shape index (κ2) is 15.7. The Hall–Kier alpha value is -3.01. The fourth-order valence-corrected chi connectivity index (χ4v) is 2.32. The molecule has 0 unspecified atom stereocenters. The van der Waals surface area contributed by atoms with Crippen LogP contribution in [-0.2, 0) is 13.1 Å². The Morgan fingerprint density at radius 1 is 1.27 bits per heavy atom. The number of nitrogens with zero attached hydrogens (tertiary/aromatic N) is 4. The van der Waals surface area contributed by atoms with Gasteiger partial charge in [0.15, 0.2) is 0 Å². The quantitative estimate of drug-likeness (QED) is 0.499. The van der Waals surface area contributed by atoms with Crippen LogP contribution < -0.4 is 16.7 Å². The topological polar surface area (TPSA) is 92.4 Å². The van der Waals surface area contributed by atoms with Gasteiger partial charge in [-0.05, 0) is 53.2 Å². The molecule has 1 aromatic rings. The average Bonchev–Trinajstić information content (AvgIpc) is 2.71. The van der Waals surface area contributed by atoms with E-state index < -0.39 is 23.8 Å². The van der Waals surface area contributed by atoms with Gasteiger partial charge in [-0.15, -0.1) is 0 Å². The minimum atomic E-state index is -0.835. The maximum absolute atomic E-state index is 13.3. The van der Waals surface area contributed by atoms with Gasteiger partial charge in [-0.1, -0.05) is 48.6 Å². The van der Waals surface area contributed by atoms with Crippen molar-refractivity contribution in [2.24, 2.45) is 0 Å². The van der Waals surface area contributed by atoms with Crippen LogP contribution in [0.5, 0.6) is 0 Å². The van der Waals surface area contributed by atoms with E-state index in [0.29, 0.717) is 5.03 Å². The van der Waals surface area contributed by atoms with Crippen molar-refractivity contribution in [1.82, 2.24) is 19.0 Å². The van der Waals surface area contributed by atoms with E-state index in [-0.39, 0.29) is 24.7 Å². The van der Waals surface area contributed by atoms with Crippen molar-refractivity contribution in [2.75, 3.05) is 33.1 Å². The van der Waals surface area contributed by atoms with Crippen molar-refractivity contribution in [2.45, 2.75) is 26.9 Å².